The Morgan fingerprint density at radius 1 is 1.16 bits per heavy atom. The predicted molar refractivity (Wildman–Crippen MR) is 157 cm³/mol. The van der Waals surface area contributed by atoms with Gasteiger partial charge < -0.3 is 28.3 Å². The second kappa shape index (κ2) is 11.2. The van der Waals surface area contributed by atoms with E-state index >= 15 is 0 Å². The average molecular weight is 623 g/mol. The van der Waals surface area contributed by atoms with Crippen molar-refractivity contribution in [1.29, 1.82) is 0 Å². The van der Waals surface area contributed by atoms with Gasteiger partial charge in [-0.15, -0.1) is 0 Å². The molecule has 0 radical (unpaired) electrons. The van der Waals surface area contributed by atoms with Gasteiger partial charge in [-0.25, -0.2) is 19.2 Å². The van der Waals surface area contributed by atoms with Gasteiger partial charge in [0.2, 0.25) is 0 Å². The Bertz CT molecular complexity index is 1730. The molecule has 1 N–H and O–H groups in total. The zero-order valence-electron chi connectivity index (χ0n) is 24.4. The Hall–Kier alpha value is -3.93. The van der Waals surface area contributed by atoms with Gasteiger partial charge >= 0.3 is 11.9 Å². The van der Waals surface area contributed by atoms with Crippen molar-refractivity contribution in [1.82, 2.24) is 19.4 Å². The third-order valence-corrected chi connectivity index (χ3v) is 9.07. The summed E-state index contributed by atoms with van der Waals surface area (Å²) in [6.07, 6.45) is 4.25. The van der Waals surface area contributed by atoms with Crippen LogP contribution < -0.4 is 9.47 Å². The monoisotopic (exact) mass is 622 g/mol. The van der Waals surface area contributed by atoms with Crippen LogP contribution in [0.2, 0.25) is 5.02 Å². The number of para-hydroxylation sites is 1. The highest BCUT2D eigenvalue weighted by atomic mass is 35.5. The summed E-state index contributed by atoms with van der Waals surface area (Å²) >= 11 is 5.97. The molecule has 3 aliphatic rings. The molecule has 230 valence electrons. The van der Waals surface area contributed by atoms with Crippen LogP contribution in [0.15, 0.2) is 47.1 Å². The van der Waals surface area contributed by atoms with Gasteiger partial charge in [0.15, 0.2) is 11.5 Å². The molecule has 2 aromatic carbocycles. The summed E-state index contributed by atoms with van der Waals surface area (Å²) < 4.78 is 40.4. The third kappa shape index (κ3) is 5.22. The number of carboxylic acid groups (broad SMARTS) is 1. The minimum Gasteiger partial charge on any atom is -0.474 e. The van der Waals surface area contributed by atoms with Gasteiger partial charge in [0.05, 0.1) is 24.8 Å². The lowest BCUT2D eigenvalue weighted by atomic mass is 9.88. The number of nitrogens with zero attached hydrogens (tertiary/aromatic N) is 4. The highest BCUT2D eigenvalue weighted by Gasteiger charge is 2.43. The van der Waals surface area contributed by atoms with Crippen molar-refractivity contribution in [2.45, 2.75) is 64.0 Å². The van der Waals surface area contributed by atoms with E-state index in [1.165, 1.54) is 12.3 Å². The largest absolute Gasteiger partial charge is 0.474 e. The number of imidazole rings is 1. The molecule has 7 rings (SSSR count). The third-order valence-electron chi connectivity index (χ3n) is 8.83. The van der Waals surface area contributed by atoms with E-state index < -0.39 is 17.6 Å². The Balaban J connectivity index is 1.07. The number of likely N-dealkylation sites (tertiary alicyclic amines) is 1. The van der Waals surface area contributed by atoms with Crippen LogP contribution in [0.25, 0.3) is 11.4 Å². The molecule has 2 atom stereocenters. The zero-order valence-corrected chi connectivity index (χ0v) is 25.1. The molecule has 4 aromatic rings. The van der Waals surface area contributed by atoms with E-state index in [-0.39, 0.29) is 17.9 Å². The topological polar surface area (TPSA) is 112 Å². The number of ether oxygens (including phenoxy) is 3. The van der Waals surface area contributed by atoms with E-state index in [2.05, 4.69) is 20.5 Å². The summed E-state index contributed by atoms with van der Waals surface area (Å²) in [5.74, 6) is -0.968. The number of hydrogen-bond acceptors (Lipinski definition) is 8. The first-order valence-electron chi connectivity index (χ1n) is 14.7. The Kier molecular flexibility index (Phi) is 7.34. The fourth-order valence-electron chi connectivity index (χ4n) is 6.35. The molecule has 2 aromatic heterocycles. The van der Waals surface area contributed by atoms with Crippen LogP contribution in [0.3, 0.4) is 0 Å². The number of carbonyl (C=O) groups is 1. The first-order chi connectivity index (χ1) is 21.2. The van der Waals surface area contributed by atoms with E-state index in [1.807, 2.05) is 19.1 Å². The standard InChI is InChI=1S/C32H32ClFN4O6/c1-18-28(25-17-42-30(35-25)31(39)40)36-27(38(18)15-21-10-13-41-21)16-37-11-8-19(9-12-37)22-4-3-5-26-29(22)44-32(2,43-26)23-7-6-20(33)14-24(23)34/h3-7,14,17,19,21H,8-13,15-16H2,1-2H3,(H,39,40)/t21-,32-/m0/s1. The van der Waals surface area contributed by atoms with Crippen LogP contribution in [0.4, 0.5) is 4.39 Å². The van der Waals surface area contributed by atoms with Crippen LogP contribution in [-0.2, 0) is 23.6 Å². The predicted octanol–water partition coefficient (Wildman–Crippen LogP) is 6.15. The molecule has 0 unspecified atom stereocenters. The van der Waals surface area contributed by atoms with Crippen LogP contribution in [0.5, 0.6) is 11.5 Å². The Labute approximate surface area is 258 Å². The number of aromatic carboxylic acids is 1. The smallest absolute Gasteiger partial charge is 0.392 e. The number of carboxylic acids is 1. The van der Waals surface area contributed by atoms with Crippen molar-refractivity contribution in [2.75, 3.05) is 19.7 Å². The van der Waals surface area contributed by atoms with Crippen LogP contribution >= 0.6 is 11.6 Å². The SMILES string of the molecule is Cc1c(-c2coc(C(=O)O)n2)nc(CN2CCC(c3cccc4c3O[C@@](C)(c3ccc(Cl)cc3F)O4)CC2)n1C[C@@H]1CCO1. The first kappa shape index (κ1) is 28.8. The first-order valence-corrected chi connectivity index (χ1v) is 15.1. The van der Waals surface area contributed by atoms with Crippen molar-refractivity contribution in [3.63, 3.8) is 0 Å². The maximum absolute atomic E-state index is 14.8. The van der Waals surface area contributed by atoms with Gasteiger partial charge in [-0.05, 0) is 69.5 Å². The number of benzene rings is 2. The molecule has 2 fully saturated rings. The van der Waals surface area contributed by atoms with E-state index in [0.717, 1.165) is 56.0 Å². The molecular formula is C32H32ClFN4O6. The number of halogens is 2. The van der Waals surface area contributed by atoms with Crippen molar-refractivity contribution < 1.29 is 32.9 Å². The lowest BCUT2D eigenvalue weighted by molar-refractivity contribution is -0.0712. The maximum Gasteiger partial charge on any atom is 0.392 e. The van der Waals surface area contributed by atoms with Gasteiger partial charge in [0, 0.05) is 29.8 Å². The fourth-order valence-corrected chi connectivity index (χ4v) is 6.51. The molecule has 2 saturated heterocycles. The van der Waals surface area contributed by atoms with Crippen LogP contribution in [-0.4, -0.2) is 56.3 Å². The summed E-state index contributed by atoms with van der Waals surface area (Å²) in [5, 5.41) is 9.58. The minimum absolute atomic E-state index is 0.126. The molecule has 44 heavy (non-hydrogen) atoms. The Morgan fingerprint density at radius 3 is 2.64 bits per heavy atom. The van der Waals surface area contributed by atoms with Gasteiger partial charge in [-0.3, -0.25) is 4.90 Å². The molecule has 5 heterocycles. The lowest BCUT2D eigenvalue weighted by Gasteiger charge is -2.33. The molecule has 0 bridgehead atoms. The highest BCUT2D eigenvalue weighted by molar-refractivity contribution is 6.30. The molecule has 0 saturated carbocycles. The van der Waals surface area contributed by atoms with E-state index in [1.54, 1.807) is 19.1 Å². The summed E-state index contributed by atoms with van der Waals surface area (Å²) in [6, 6.07) is 10.4. The van der Waals surface area contributed by atoms with Gasteiger partial charge in [0.1, 0.15) is 29.3 Å². The summed E-state index contributed by atoms with van der Waals surface area (Å²) in [5.41, 5.74) is 3.26. The van der Waals surface area contributed by atoms with Gasteiger partial charge in [0.25, 0.3) is 5.79 Å². The van der Waals surface area contributed by atoms with Crippen LogP contribution in [0.1, 0.15) is 65.4 Å². The molecule has 0 amide bonds. The van der Waals surface area contributed by atoms with Gasteiger partial charge in [-0.2, -0.15) is 0 Å². The van der Waals surface area contributed by atoms with Crippen molar-refractivity contribution >= 4 is 17.6 Å². The fraction of sp³-hybridized carbons (Fsp3) is 0.406. The van der Waals surface area contributed by atoms with E-state index in [0.29, 0.717) is 46.6 Å². The summed E-state index contributed by atoms with van der Waals surface area (Å²) in [4.78, 5) is 22.7. The number of aromatic nitrogens is 3. The van der Waals surface area contributed by atoms with Gasteiger partial charge in [-0.1, -0.05) is 23.7 Å². The van der Waals surface area contributed by atoms with E-state index in [9.17, 15) is 14.3 Å². The quantitative estimate of drug-likeness (QED) is 0.247. The second-order valence-corrected chi connectivity index (χ2v) is 12.1. The second-order valence-electron chi connectivity index (χ2n) is 11.7. The molecule has 3 aliphatic heterocycles. The van der Waals surface area contributed by atoms with Crippen LogP contribution in [0, 0.1) is 12.7 Å². The highest BCUT2D eigenvalue weighted by Crippen LogP contribution is 2.50. The minimum atomic E-state index is -1.29. The zero-order chi connectivity index (χ0) is 30.6. The number of fused-ring (bicyclic) bond motifs is 1. The molecule has 0 spiro atoms. The number of hydrogen-bond donors (Lipinski definition) is 1. The Morgan fingerprint density at radius 2 is 1.95 bits per heavy atom. The summed E-state index contributed by atoms with van der Waals surface area (Å²) in [6.45, 7) is 7.43. The lowest BCUT2D eigenvalue weighted by Crippen LogP contribution is -2.35. The van der Waals surface area contributed by atoms with Crippen molar-refractivity contribution in [2.24, 2.45) is 0 Å². The maximum atomic E-state index is 14.8. The molecule has 10 nitrogen and oxygen atoms in total. The number of rotatable bonds is 8. The summed E-state index contributed by atoms with van der Waals surface area (Å²) in [7, 11) is 0. The van der Waals surface area contributed by atoms with Crippen molar-refractivity contribution in [3.05, 3.63) is 82.0 Å². The molecule has 12 heteroatoms. The molecule has 0 aliphatic carbocycles. The molecular weight excluding hydrogens is 591 g/mol. The number of piperidine rings is 1. The van der Waals surface area contributed by atoms with Crippen molar-refractivity contribution in [3.8, 4) is 22.9 Å². The normalized spacial score (nSPS) is 21.9. The van der Waals surface area contributed by atoms with E-state index in [4.69, 9.17) is 35.2 Å². The average Bonchev–Trinajstić information content (AvgIpc) is 3.67. The number of oxazole rings is 1.